The van der Waals surface area contributed by atoms with Gasteiger partial charge < -0.3 is 5.32 Å². The van der Waals surface area contributed by atoms with Gasteiger partial charge in [-0.25, -0.2) is 4.98 Å². The fraction of sp³-hybridized carbons (Fsp3) is 0.300. The Morgan fingerprint density at radius 2 is 1.69 bits per heavy atom. The molecule has 5 rings (SSSR count). The predicted octanol–water partition coefficient (Wildman–Crippen LogP) is 5.44. The van der Waals surface area contributed by atoms with Crippen molar-refractivity contribution in [1.82, 2.24) is 24.8 Å². The van der Waals surface area contributed by atoms with Gasteiger partial charge in [0.25, 0.3) is 0 Å². The Labute approximate surface area is 218 Å². The summed E-state index contributed by atoms with van der Waals surface area (Å²) < 4.78 is 23.0. The second-order valence-corrected chi connectivity index (χ2v) is 9.53. The molecule has 1 aliphatic rings. The lowest BCUT2D eigenvalue weighted by Gasteiger charge is -2.37. The Hall–Kier alpha value is -3.61. The fourth-order valence-electron chi connectivity index (χ4n) is 4.71. The first-order chi connectivity index (χ1) is 18.7. The van der Waals surface area contributed by atoms with Crippen molar-refractivity contribution >= 4 is 5.82 Å². The highest BCUT2D eigenvalue weighted by Gasteiger charge is 2.19. The van der Waals surface area contributed by atoms with Gasteiger partial charge in [0.15, 0.2) is 0 Å². The zero-order chi connectivity index (χ0) is 27.4. The Balaban J connectivity index is 1.41. The Kier molecular flexibility index (Phi) is 6.27. The Morgan fingerprint density at radius 1 is 0.861 bits per heavy atom. The first kappa shape index (κ1) is 20.6. The van der Waals surface area contributed by atoms with E-state index in [-0.39, 0.29) is 5.82 Å². The molecule has 6 nitrogen and oxygen atoms in total. The van der Waals surface area contributed by atoms with Gasteiger partial charge in [0, 0.05) is 79.6 Å². The molecule has 1 aliphatic heterocycles. The summed E-state index contributed by atoms with van der Waals surface area (Å²) in [7, 11) is 0. The van der Waals surface area contributed by atoms with E-state index in [4.69, 9.17) is 4.11 Å². The molecule has 0 atom stereocenters. The molecule has 184 valence electrons. The standard InChI is InChI=1S/C30H34N6/c1-22(2)36-13-11-35(12-14-36)21-23-7-6-8-24(15-23)26-16-27(20-32-19-26)25-17-29(34-30(18-25)31-3)28-9-4-5-10-33-28/h4-10,15-20,22H,11-14,21H2,1-3H3,(H,31,34)/i3D3. The maximum absolute atomic E-state index is 7.66. The van der Waals surface area contributed by atoms with Crippen LogP contribution in [0.15, 0.2) is 79.3 Å². The lowest BCUT2D eigenvalue weighted by atomic mass is 10.00. The van der Waals surface area contributed by atoms with E-state index in [9.17, 15) is 0 Å². The molecule has 3 aromatic heterocycles. The summed E-state index contributed by atoms with van der Waals surface area (Å²) in [5.41, 5.74) is 6.31. The Bertz CT molecular complexity index is 1400. The summed E-state index contributed by atoms with van der Waals surface area (Å²) in [6, 6.07) is 20.5. The van der Waals surface area contributed by atoms with Crippen molar-refractivity contribution in [2.45, 2.75) is 26.4 Å². The van der Waals surface area contributed by atoms with Crippen LogP contribution in [0.25, 0.3) is 33.6 Å². The number of benzene rings is 1. The van der Waals surface area contributed by atoms with E-state index >= 15 is 0 Å². The second kappa shape index (κ2) is 11.0. The topological polar surface area (TPSA) is 57.2 Å². The van der Waals surface area contributed by atoms with Gasteiger partial charge in [0.1, 0.15) is 5.82 Å². The largest absolute Gasteiger partial charge is 0.373 e. The van der Waals surface area contributed by atoms with Crippen LogP contribution in [0.3, 0.4) is 0 Å². The van der Waals surface area contributed by atoms with E-state index in [2.05, 4.69) is 74.2 Å². The van der Waals surface area contributed by atoms with Gasteiger partial charge in [-0.05, 0) is 66.9 Å². The maximum Gasteiger partial charge on any atom is 0.127 e. The van der Waals surface area contributed by atoms with E-state index in [1.165, 1.54) is 5.56 Å². The molecule has 1 N–H and O–H groups in total. The summed E-state index contributed by atoms with van der Waals surface area (Å²) >= 11 is 0. The first-order valence-electron chi connectivity index (χ1n) is 14.0. The number of nitrogens with one attached hydrogen (secondary N) is 1. The molecule has 0 saturated carbocycles. The van der Waals surface area contributed by atoms with Gasteiger partial charge in [0.05, 0.1) is 11.4 Å². The van der Waals surface area contributed by atoms with Gasteiger partial charge in [-0.15, -0.1) is 0 Å². The molecule has 1 aromatic carbocycles. The van der Waals surface area contributed by atoms with Crippen LogP contribution >= 0.6 is 0 Å². The van der Waals surface area contributed by atoms with Gasteiger partial charge in [0.2, 0.25) is 0 Å². The van der Waals surface area contributed by atoms with E-state index < -0.39 is 6.98 Å². The van der Waals surface area contributed by atoms with Crippen molar-refractivity contribution in [1.29, 1.82) is 0 Å². The zero-order valence-electron chi connectivity index (χ0n) is 23.9. The highest BCUT2D eigenvalue weighted by molar-refractivity contribution is 5.76. The number of nitrogens with zero attached hydrogens (tertiary/aromatic N) is 5. The number of piperazine rings is 1. The van der Waals surface area contributed by atoms with Crippen molar-refractivity contribution in [3.8, 4) is 33.6 Å². The van der Waals surface area contributed by atoms with E-state index in [0.29, 0.717) is 17.4 Å². The number of hydrogen-bond donors (Lipinski definition) is 1. The molecule has 36 heavy (non-hydrogen) atoms. The van der Waals surface area contributed by atoms with Gasteiger partial charge in [-0.2, -0.15) is 0 Å². The molecule has 1 saturated heterocycles. The molecule has 1 fully saturated rings. The number of hydrogen-bond acceptors (Lipinski definition) is 6. The molecule has 4 heterocycles. The van der Waals surface area contributed by atoms with Crippen LogP contribution in [0.5, 0.6) is 0 Å². The van der Waals surface area contributed by atoms with Gasteiger partial charge in [-0.1, -0.05) is 24.3 Å². The molecule has 4 aromatic rings. The average Bonchev–Trinajstić information content (AvgIpc) is 2.93. The van der Waals surface area contributed by atoms with E-state index in [0.717, 1.165) is 55.0 Å². The van der Waals surface area contributed by atoms with Crippen LogP contribution in [-0.4, -0.2) is 63.9 Å². The number of pyridine rings is 3. The van der Waals surface area contributed by atoms with Crippen LogP contribution < -0.4 is 5.32 Å². The fourth-order valence-corrected chi connectivity index (χ4v) is 4.71. The van der Waals surface area contributed by atoms with Crippen molar-refractivity contribution in [2.24, 2.45) is 0 Å². The molecule has 6 heteroatoms. The third-order valence-electron chi connectivity index (χ3n) is 6.76. The van der Waals surface area contributed by atoms with Crippen molar-refractivity contribution in [2.75, 3.05) is 38.5 Å². The van der Waals surface area contributed by atoms with E-state index in [1.807, 2.05) is 30.5 Å². The molecular weight excluding hydrogens is 444 g/mol. The summed E-state index contributed by atoms with van der Waals surface area (Å²) in [5.74, 6) is 0.262. The van der Waals surface area contributed by atoms with E-state index in [1.54, 1.807) is 18.5 Å². The number of anilines is 1. The molecule has 0 aliphatic carbocycles. The molecule has 0 radical (unpaired) electrons. The van der Waals surface area contributed by atoms with Crippen molar-refractivity contribution in [3.05, 3.63) is 84.8 Å². The average molecular weight is 482 g/mol. The second-order valence-electron chi connectivity index (χ2n) is 9.53. The summed E-state index contributed by atoms with van der Waals surface area (Å²) in [4.78, 5) is 18.5. The minimum Gasteiger partial charge on any atom is -0.373 e. The van der Waals surface area contributed by atoms with Crippen LogP contribution in [0.2, 0.25) is 0 Å². The molecule has 0 bridgehead atoms. The van der Waals surface area contributed by atoms with Crippen LogP contribution in [-0.2, 0) is 6.54 Å². The summed E-state index contributed by atoms with van der Waals surface area (Å²) in [6.07, 6.45) is 5.35. The van der Waals surface area contributed by atoms with Crippen LogP contribution in [0.1, 0.15) is 23.5 Å². The zero-order valence-corrected chi connectivity index (χ0v) is 20.9. The SMILES string of the molecule is [2H]C([2H])([2H])Nc1cc(-c2cncc(-c3cccc(CN4CCN(C(C)C)CC4)c3)c2)cc(-c2ccccn2)n1. The van der Waals surface area contributed by atoms with Crippen LogP contribution in [0, 0.1) is 0 Å². The minimum absolute atomic E-state index is 0.262. The van der Waals surface area contributed by atoms with Gasteiger partial charge in [-0.3, -0.25) is 19.8 Å². The molecular formula is C30H34N6. The smallest absolute Gasteiger partial charge is 0.127 e. The molecule has 0 spiro atoms. The summed E-state index contributed by atoms with van der Waals surface area (Å²) in [6.45, 7) is 7.45. The minimum atomic E-state index is -2.37. The monoisotopic (exact) mass is 481 g/mol. The summed E-state index contributed by atoms with van der Waals surface area (Å²) in [5, 5.41) is 2.54. The maximum atomic E-state index is 7.66. The normalized spacial score (nSPS) is 16.4. The van der Waals surface area contributed by atoms with Crippen molar-refractivity contribution in [3.63, 3.8) is 0 Å². The molecule has 0 amide bonds. The van der Waals surface area contributed by atoms with Crippen molar-refractivity contribution < 1.29 is 4.11 Å². The highest BCUT2D eigenvalue weighted by Crippen LogP contribution is 2.30. The molecule has 0 unspecified atom stereocenters. The van der Waals surface area contributed by atoms with Gasteiger partial charge >= 0.3 is 0 Å². The highest BCUT2D eigenvalue weighted by atomic mass is 15.3. The van der Waals surface area contributed by atoms with Crippen LogP contribution in [0.4, 0.5) is 5.82 Å². The number of rotatable bonds is 7. The lowest BCUT2D eigenvalue weighted by Crippen LogP contribution is -2.48. The lowest BCUT2D eigenvalue weighted by molar-refractivity contribution is 0.104. The quantitative estimate of drug-likeness (QED) is 0.379. The predicted molar refractivity (Wildman–Crippen MR) is 148 cm³/mol. The number of aromatic nitrogens is 3. The first-order valence-corrected chi connectivity index (χ1v) is 12.5. The third-order valence-corrected chi connectivity index (χ3v) is 6.76. The third kappa shape index (κ3) is 5.61. The Morgan fingerprint density at radius 3 is 2.44 bits per heavy atom.